The Labute approximate surface area is 195 Å². The van der Waals surface area contributed by atoms with Crippen molar-refractivity contribution in [2.24, 2.45) is 11.8 Å². The Bertz CT molecular complexity index is 755. The largest absolute Gasteiger partial charge is 0.497 e. The number of hydrogen-bond donors (Lipinski definition) is 2. The number of aryl methyl sites for hydroxylation is 1. The van der Waals surface area contributed by atoms with Crippen LogP contribution in [0.4, 0.5) is 4.39 Å². The molecule has 2 saturated carbocycles. The maximum Gasteiger partial charge on any atom is 0.126 e. The van der Waals surface area contributed by atoms with Crippen LogP contribution < -0.4 is 16.0 Å². The number of rotatable bonds is 4. The monoisotopic (exact) mass is 444 g/mol. The fourth-order valence-electron chi connectivity index (χ4n) is 4.18. The Morgan fingerprint density at radius 1 is 1.00 bits per heavy atom. The van der Waals surface area contributed by atoms with Crippen LogP contribution in [-0.2, 0) is 0 Å². The molecule has 2 fully saturated rings. The molecule has 4 rings (SSSR count). The maximum absolute atomic E-state index is 13.6. The summed E-state index contributed by atoms with van der Waals surface area (Å²) >= 11 is 0. The molecule has 3 nitrogen and oxygen atoms in total. The zero-order valence-corrected chi connectivity index (χ0v) is 21.1. The van der Waals surface area contributed by atoms with Crippen molar-refractivity contribution in [3.63, 3.8) is 0 Å². The van der Waals surface area contributed by atoms with Gasteiger partial charge in [-0.05, 0) is 86.7 Å². The third-order valence-corrected chi connectivity index (χ3v) is 6.15. The molecule has 0 aliphatic heterocycles. The number of nitrogens with two attached hydrogens (primary N) is 1. The first-order valence-electron chi connectivity index (χ1n) is 12.3. The van der Waals surface area contributed by atoms with Gasteiger partial charge in [0.2, 0.25) is 0 Å². The number of hydrazine groups is 1. The Hall–Kier alpha value is -1.91. The van der Waals surface area contributed by atoms with Crippen LogP contribution in [0.1, 0.15) is 94.2 Å². The third-order valence-electron chi connectivity index (χ3n) is 6.15. The molecule has 180 valence electrons. The number of hydrogen-bond acceptors (Lipinski definition) is 3. The molecule has 0 saturated heterocycles. The molecular weight excluding hydrogens is 399 g/mol. The van der Waals surface area contributed by atoms with Crippen LogP contribution in [0.15, 0.2) is 42.5 Å². The summed E-state index contributed by atoms with van der Waals surface area (Å²) in [6, 6.07) is 13.9. The highest BCUT2D eigenvalue weighted by Gasteiger charge is 2.28. The quantitative estimate of drug-likeness (QED) is 0.379. The molecule has 4 heteroatoms. The highest BCUT2D eigenvalue weighted by Crippen LogP contribution is 2.42. The summed E-state index contributed by atoms with van der Waals surface area (Å²) < 4.78 is 18.8. The molecule has 2 aliphatic carbocycles. The Kier molecular flexibility index (Phi) is 13.9. The minimum atomic E-state index is -0.0116. The number of methoxy groups -OCH3 is 1. The van der Waals surface area contributed by atoms with Crippen molar-refractivity contribution in [2.75, 3.05) is 14.2 Å². The molecule has 3 N–H and O–H groups in total. The smallest absolute Gasteiger partial charge is 0.126 e. The lowest BCUT2D eigenvalue weighted by Gasteiger charge is -2.22. The minimum Gasteiger partial charge on any atom is -0.497 e. The average Bonchev–Trinajstić information content (AvgIpc) is 3.69. The molecule has 1 atom stereocenters. The first kappa shape index (κ1) is 28.1. The van der Waals surface area contributed by atoms with Gasteiger partial charge in [-0.1, -0.05) is 69.9 Å². The summed E-state index contributed by atoms with van der Waals surface area (Å²) in [5.74, 6) is 7.67. The molecule has 0 spiro atoms. The summed E-state index contributed by atoms with van der Waals surface area (Å²) in [6.45, 7) is 8.35. The number of nitrogens with one attached hydrogen (secondary N) is 1. The van der Waals surface area contributed by atoms with E-state index in [9.17, 15) is 4.39 Å². The normalized spacial score (nSPS) is 16.2. The van der Waals surface area contributed by atoms with Crippen molar-refractivity contribution >= 4 is 0 Å². The van der Waals surface area contributed by atoms with Crippen LogP contribution >= 0.6 is 0 Å². The second kappa shape index (κ2) is 15.8. The van der Waals surface area contributed by atoms with Crippen molar-refractivity contribution in [2.45, 2.75) is 84.5 Å². The van der Waals surface area contributed by atoms with Gasteiger partial charge in [-0.3, -0.25) is 11.3 Å². The van der Waals surface area contributed by atoms with E-state index < -0.39 is 0 Å². The number of halogens is 1. The summed E-state index contributed by atoms with van der Waals surface area (Å²) in [7, 11) is 3.38. The summed E-state index contributed by atoms with van der Waals surface area (Å²) in [4.78, 5) is 0. The van der Waals surface area contributed by atoms with Crippen molar-refractivity contribution in [1.82, 2.24) is 5.43 Å². The Morgan fingerprint density at radius 3 is 2.19 bits per heavy atom. The van der Waals surface area contributed by atoms with Gasteiger partial charge >= 0.3 is 0 Å². The first-order valence-corrected chi connectivity index (χ1v) is 12.3. The zero-order valence-electron chi connectivity index (χ0n) is 21.1. The van der Waals surface area contributed by atoms with Crippen molar-refractivity contribution in [3.8, 4) is 5.75 Å². The highest BCUT2D eigenvalue weighted by molar-refractivity contribution is 5.31. The van der Waals surface area contributed by atoms with Gasteiger partial charge in [0, 0.05) is 0 Å². The zero-order chi connectivity index (χ0) is 23.9. The van der Waals surface area contributed by atoms with Crippen molar-refractivity contribution in [1.29, 1.82) is 0 Å². The highest BCUT2D eigenvalue weighted by atomic mass is 19.1. The lowest BCUT2D eigenvalue weighted by atomic mass is 9.83. The second-order valence-corrected chi connectivity index (χ2v) is 8.55. The predicted octanol–water partition coefficient (Wildman–Crippen LogP) is 7.50. The molecule has 2 aliphatic rings. The number of ether oxygens (including phenoxy) is 1. The molecule has 0 amide bonds. The van der Waals surface area contributed by atoms with Crippen molar-refractivity contribution in [3.05, 3.63) is 65.0 Å². The van der Waals surface area contributed by atoms with Gasteiger partial charge in [-0.2, -0.15) is 0 Å². The first-order chi connectivity index (χ1) is 15.5. The standard InChI is InChI=1S/C13H17F.C12H16O.C2H6.CH6N2/c1-10-7-8-13(14)12(9-10)11-5-3-2-4-6-11;1-9(10-6-7-10)11-4-3-5-12(8-11)13-2;1-2;1-3-2/h7-9,11H,2-6H2,1H3;3-5,8-10H,6-7H2,1-2H3;1-2H3;3H,2H2,1H3. The molecule has 0 radical (unpaired) electrons. The fraction of sp³-hybridized carbons (Fsp3) is 0.571. The van der Waals surface area contributed by atoms with Gasteiger partial charge in [0.25, 0.3) is 0 Å². The summed E-state index contributed by atoms with van der Waals surface area (Å²) in [5.41, 5.74) is 5.79. The third kappa shape index (κ3) is 9.70. The number of benzene rings is 2. The van der Waals surface area contributed by atoms with Crippen LogP contribution in [0.25, 0.3) is 0 Å². The Morgan fingerprint density at radius 2 is 1.62 bits per heavy atom. The molecule has 2 aromatic carbocycles. The SMILES string of the molecule is CC.CNN.COc1cccc(C(C)C2CC2)c1.Cc1ccc(F)c(C2CCCCC2)c1. The van der Waals surface area contributed by atoms with E-state index in [0.717, 1.165) is 17.2 Å². The van der Waals surface area contributed by atoms with E-state index in [2.05, 4.69) is 36.4 Å². The molecule has 2 aromatic rings. The van der Waals surface area contributed by atoms with Gasteiger partial charge in [0.05, 0.1) is 7.11 Å². The van der Waals surface area contributed by atoms with Crippen LogP contribution in [0.5, 0.6) is 5.75 Å². The van der Waals surface area contributed by atoms with E-state index in [0.29, 0.717) is 11.8 Å². The van der Waals surface area contributed by atoms with E-state index in [1.807, 2.05) is 39.0 Å². The van der Waals surface area contributed by atoms with Crippen LogP contribution in [0, 0.1) is 18.7 Å². The van der Waals surface area contributed by atoms with E-state index in [1.54, 1.807) is 20.2 Å². The molecule has 32 heavy (non-hydrogen) atoms. The van der Waals surface area contributed by atoms with E-state index >= 15 is 0 Å². The maximum atomic E-state index is 13.6. The van der Waals surface area contributed by atoms with Gasteiger partial charge in [-0.15, -0.1) is 0 Å². The lowest BCUT2D eigenvalue weighted by molar-refractivity contribution is 0.413. The van der Waals surface area contributed by atoms with E-state index in [1.165, 1.54) is 56.1 Å². The molecule has 0 heterocycles. The van der Waals surface area contributed by atoms with Crippen molar-refractivity contribution < 1.29 is 9.13 Å². The predicted molar refractivity (Wildman–Crippen MR) is 136 cm³/mol. The lowest BCUT2D eigenvalue weighted by Crippen LogP contribution is -2.13. The van der Waals surface area contributed by atoms with Gasteiger partial charge in [0.1, 0.15) is 11.6 Å². The Balaban J connectivity index is 0.000000268. The van der Waals surface area contributed by atoms with Gasteiger partial charge in [-0.25, -0.2) is 4.39 Å². The summed E-state index contributed by atoms with van der Waals surface area (Å²) in [6.07, 6.45) is 8.98. The van der Waals surface area contributed by atoms with E-state index in [-0.39, 0.29) is 5.82 Å². The van der Waals surface area contributed by atoms with Crippen LogP contribution in [-0.4, -0.2) is 14.2 Å². The molecule has 1 unspecified atom stereocenters. The van der Waals surface area contributed by atoms with Crippen LogP contribution in [0.3, 0.4) is 0 Å². The molecular formula is C28H45FN2O. The summed E-state index contributed by atoms with van der Waals surface area (Å²) in [5, 5.41) is 0. The van der Waals surface area contributed by atoms with Crippen LogP contribution in [0.2, 0.25) is 0 Å². The van der Waals surface area contributed by atoms with E-state index in [4.69, 9.17) is 4.74 Å². The van der Waals surface area contributed by atoms with Gasteiger partial charge in [0.15, 0.2) is 0 Å². The molecule has 0 bridgehead atoms. The second-order valence-electron chi connectivity index (χ2n) is 8.55. The average molecular weight is 445 g/mol. The topological polar surface area (TPSA) is 47.3 Å². The fourth-order valence-corrected chi connectivity index (χ4v) is 4.18. The molecule has 0 aromatic heterocycles. The minimum absolute atomic E-state index is 0.0116. The van der Waals surface area contributed by atoms with Gasteiger partial charge < -0.3 is 4.74 Å².